The van der Waals surface area contributed by atoms with Crippen LogP contribution in [0.2, 0.25) is 0 Å². The molecule has 8 nitrogen and oxygen atoms in total. The molecule has 186 valence electrons. The van der Waals surface area contributed by atoms with Gasteiger partial charge in [-0.15, -0.1) is 11.3 Å². The van der Waals surface area contributed by atoms with Gasteiger partial charge in [-0.3, -0.25) is 9.48 Å². The summed E-state index contributed by atoms with van der Waals surface area (Å²) in [6.45, 7) is 1.84. The fourth-order valence-electron chi connectivity index (χ4n) is 4.24. The average Bonchev–Trinajstić information content (AvgIpc) is 3.52. The van der Waals surface area contributed by atoms with Crippen molar-refractivity contribution in [3.05, 3.63) is 77.1 Å². The second-order valence-corrected chi connectivity index (χ2v) is 9.65. The second kappa shape index (κ2) is 10.0. The highest BCUT2D eigenvalue weighted by molar-refractivity contribution is 7.13. The van der Waals surface area contributed by atoms with Crippen LogP contribution in [0.1, 0.15) is 28.9 Å². The highest BCUT2D eigenvalue weighted by atomic mass is 32.1. The van der Waals surface area contributed by atoms with Crippen molar-refractivity contribution < 1.29 is 13.6 Å². The third-order valence-electron chi connectivity index (χ3n) is 6.01. The lowest BCUT2D eigenvalue weighted by Gasteiger charge is -2.34. The Kier molecular flexibility index (Phi) is 6.66. The molecule has 0 radical (unpaired) electrons. The molecule has 0 spiro atoms. The van der Waals surface area contributed by atoms with Gasteiger partial charge in [0.15, 0.2) is 11.6 Å². The highest BCUT2D eigenvalue weighted by Crippen LogP contribution is 2.31. The Labute approximate surface area is 210 Å². The van der Waals surface area contributed by atoms with Crippen molar-refractivity contribution >= 4 is 34.3 Å². The van der Waals surface area contributed by atoms with Gasteiger partial charge in [-0.1, -0.05) is 6.07 Å². The zero-order valence-corrected chi connectivity index (χ0v) is 20.1. The summed E-state index contributed by atoms with van der Waals surface area (Å²) < 4.78 is 28.3. The molecule has 2 aromatic carbocycles. The number of amides is 1. The van der Waals surface area contributed by atoms with Crippen molar-refractivity contribution in [2.75, 3.05) is 29.0 Å². The summed E-state index contributed by atoms with van der Waals surface area (Å²) >= 11 is 1.31. The standard InChI is InChI=1S/C25H25F2N7OS/c26-19-5-3-15(8-20(19)27)11-34-12-16(10-30-34)25-32-22(14-36-25)24(35)31-21-9-17(28)4-6-23(21)33-7-1-2-18(29)13-33/h3-6,8-10,12,14,18H,1-2,7,11,13,28-29H2,(H,31,35). The number of halogens is 2. The lowest BCUT2D eigenvalue weighted by atomic mass is 10.1. The van der Waals surface area contributed by atoms with Crippen molar-refractivity contribution in [2.45, 2.75) is 25.4 Å². The third kappa shape index (κ3) is 5.21. The first-order valence-electron chi connectivity index (χ1n) is 11.5. The van der Waals surface area contributed by atoms with Gasteiger partial charge in [0.2, 0.25) is 0 Å². The summed E-state index contributed by atoms with van der Waals surface area (Å²) in [5.74, 6) is -2.14. The molecule has 2 aromatic heterocycles. The SMILES string of the molecule is Nc1ccc(N2CCCC(N)C2)c(NC(=O)c2csc(-c3cnn(Cc4ccc(F)c(F)c4)c3)n2)c1. The third-order valence-corrected chi connectivity index (χ3v) is 6.90. The van der Waals surface area contributed by atoms with E-state index >= 15 is 0 Å². The van der Waals surface area contributed by atoms with Crippen LogP contribution in [0.4, 0.5) is 25.8 Å². The summed E-state index contributed by atoms with van der Waals surface area (Å²) in [7, 11) is 0. The summed E-state index contributed by atoms with van der Waals surface area (Å²) in [4.78, 5) is 19.7. The van der Waals surface area contributed by atoms with E-state index in [1.54, 1.807) is 28.5 Å². The van der Waals surface area contributed by atoms with Crippen LogP contribution in [0.5, 0.6) is 0 Å². The maximum Gasteiger partial charge on any atom is 0.275 e. The second-order valence-electron chi connectivity index (χ2n) is 8.79. The number of carbonyl (C=O) groups excluding carboxylic acids is 1. The van der Waals surface area contributed by atoms with Crippen LogP contribution < -0.4 is 21.7 Å². The van der Waals surface area contributed by atoms with Crippen LogP contribution in [-0.4, -0.2) is 39.8 Å². The van der Waals surface area contributed by atoms with E-state index in [2.05, 4.69) is 20.3 Å². The summed E-state index contributed by atoms with van der Waals surface area (Å²) in [6.07, 6.45) is 5.33. The van der Waals surface area contributed by atoms with Crippen molar-refractivity contribution in [3.63, 3.8) is 0 Å². The van der Waals surface area contributed by atoms with Gasteiger partial charge in [-0.05, 0) is 48.7 Å². The van der Waals surface area contributed by atoms with Crippen molar-refractivity contribution in [1.29, 1.82) is 0 Å². The summed E-state index contributed by atoms with van der Waals surface area (Å²) in [5, 5.41) is 9.52. The number of benzene rings is 2. The molecular formula is C25H25F2N7OS. The van der Waals surface area contributed by atoms with Gasteiger partial charge < -0.3 is 21.7 Å². The minimum Gasteiger partial charge on any atom is -0.399 e. The zero-order valence-electron chi connectivity index (χ0n) is 19.3. The molecule has 0 aliphatic carbocycles. The molecular weight excluding hydrogens is 484 g/mol. The first-order chi connectivity index (χ1) is 17.4. The quantitative estimate of drug-likeness (QED) is 0.337. The molecule has 1 aliphatic heterocycles. The van der Waals surface area contributed by atoms with Crippen molar-refractivity contribution in [3.8, 4) is 10.6 Å². The molecule has 11 heteroatoms. The van der Waals surface area contributed by atoms with E-state index in [0.717, 1.165) is 37.2 Å². The predicted molar refractivity (Wildman–Crippen MR) is 137 cm³/mol. The molecule has 4 aromatic rings. The number of hydrogen-bond donors (Lipinski definition) is 3. The number of nitrogens with two attached hydrogens (primary N) is 2. The summed E-state index contributed by atoms with van der Waals surface area (Å²) in [6, 6.07) is 9.28. The number of hydrogen-bond acceptors (Lipinski definition) is 7. The number of nitrogens with one attached hydrogen (secondary N) is 1. The van der Waals surface area contributed by atoms with Crippen LogP contribution in [-0.2, 0) is 6.54 Å². The number of nitrogens with zero attached hydrogens (tertiary/aromatic N) is 4. The molecule has 1 aliphatic rings. The Morgan fingerprint density at radius 2 is 2.06 bits per heavy atom. The number of aromatic nitrogens is 3. The van der Waals surface area contributed by atoms with Gasteiger partial charge in [-0.2, -0.15) is 5.10 Å². The van der Waals surface area contributed by atoms with E-state index in [-0.39, 0.29) is 24.2 Å². The topological polar surface area (TPSA) is 115 Å². The molecule has 0 bridgehead atoms. The van der Waals surface area contributed by atoms with Crippen LogP contribution in [0, 0.1) is 11.6 Å². The number of rotatable bonds is 6. The molecule has 1 amide bonds. The number of nitrogen functional groups attached to an aromatic ring is 1. The van der Waals surface area contributed by atoms with Crippen LogP contribution in [0.3, 0.4) is 0 Å². The van der Waals surface area contributed by atoms with Crippen molar-refractivity contribution in [1.82, 2.24) is 14.8 Å². The maximum absolute atomic E-state index is 13.5. The monoisotopic (exact) mass is 509 g/mol. The largest absolute Gasteiger partial charge is 0.399 e. The maximum atomic E-state index is 13.5. The normalized spacial score (nSPS) is 15.8. The number of piperidine rings is 1. The van der Waals surface area contributed by atoms with Crippen LogP contribution in [0.15, 0.2) is 54.2 Å². The van der Waals surface area contributed by atoms with Gasteiger partial charge in [0.25, 0.3) is 5.91 Å². The Hall–Kier alpha value is -3.83. The van der Waals surface area contributed by atoms with Gasteiger partial charge >= 0.3 is 0 Å². The smallest absolute Gasteiger partial charge is 0.275 e. The minimum atomic E-state index is -0.901. The molecule has 3 heterocycles. The first kappa shape index (κ1) is 23.9. The van der Waals surface area contributed by atoms with E-state index in [0.29, 0.717) is 34.1 Å². The molecule has 1 atom stereocenters. The lowest BCUT2D eigenvalue weighted by Crippen LogP contribution is -2.43. The molecule has 0 saturated carbocycles. The van der Waals surface area contributed by atoms with E-state index in [1.165, 1.54) is 17.4 Å². The molecule has 1 unspecified atom stereocenters. The predicted octanol–water partition coefficient (Wildman–Crippen LogP) is 4.10. The average molecular weight is 510 g/mol. The first-order valence-corrected chi connectivity index (χ1v) is 12.4. The van der Waals surface area contributed by atoms with E-state index in [4.69, 9.17) is 11.5 Å². The van der Waals surface area contributed by atoms with Crippen molar-refractivity contribution in [2.24, 2.45) is 5.73 Å². The Morgan fingerprint density at radius 1 is 1.19 bits per heavy atom. The molecule has 1 saturated heterocycles. The fourth-order valence-corrected chi connectivity index (χ4v) is 5.02. The van der Waals surface area contributed by atoms with Crippen LogP contribution in [0.25, 0.3) is 10.6 Å². The van der Waals surface area contributed by atoms with Gasteiger partial charge in [0.1, 0.15) is 10.7 Å². The Bertz CT molecular complexity index is 1400. The van der Waals surface area contributed by atoms with Gasteiger partial charge in [-0.25, -0.2) is 13.8 Å². The van der Waals surface area contributed by atoms with Crippen LogP contribution >= 0.6 is 11.3 Å². The minimum absolute atomic E-state index is 0.0870. The molecule has 1 fully saturated rings. The van der Waals surface area contributed by atoms with E-state index < -0.39 is 11.6 Å². The summed E-state index contributed by atoms with van der Waals surface area (Å²) in [5.41, 5.74) is 15.7. The Morgan fingerprint density at radius 3 is 2.86 bits per heavy atom. The van der Waals surface area contributed by atoms with E-state index in [1.807, 2.05) is 12.1 Å². The lowest BCUT2D eigenvalue weighted by molar-refractivity contribution is 0.102. The van der Waals surface area contributed by atoms with Gasteiger partial charge in [0, 0.05) is 42.0 Å². The fraction of sp³-hybridized carbons (Fsp3) is 0.240. The molecule has 5 N–H and O–H groups in total. The number of anilines is 3. The molecule has 5 rings (SSSR count). The molecule has 36 heavy (non-hydrogen) atoms. The Balaban J connectivity index is 1.30. The van der Waals surface area contributed by atoms with E-state index in [9.17, 15) is 13.6 Å². The number of carbonyl (C=O) groups is 1. The van der Waals surface area contributed by atoms with Gasteiger partial charge in [0.05, 0.1) is 24.1 Å². The zero-order chi connectivity index (χ0) is 25.2. The number of thiazole rings is 1. The highest BCUT2D eigenvalue weighted by Gasteiger charge is 2.21.